The lowest BCUT2D eigenvalue weighted by atomic mass is 10.1. The Morgan fingerprint density at radius 2 is 1.93 bits per heavy atom. The predicted octanol–water partition coefficient (Wildman–Crippen LogP) is 6.10. The summed E-state index contributed by atoms with van der Waals surface area (Å²) in [5.41, 5.74) is 3.52. The zero-order valence-electron chi connectivity index (χ0n) is 15.2. The lowest BCUT2D eigenvalue weighted by Crippen LogP contribution is -2.20. The highest BCUT2D eigenvalue weighted by molar-refractivity contribution is 7.14. The minimum atomic E-state index is 0.351. The average Bonchev–Trinajstić information content (AvgIpc) is 3.37. The Bertz CT molecular complexity index is 1030. The third kappa shape index (κ3) is 4.26. The van der Waals surface area contributed by atoms with Crippen molar-refractivity contribution in [1.82, 2.24) is 9.55 Å². The lowest BCUT2D eigenvalue weighted by Gasteiger charge is -2.17. The van der Waals surface area contributed by atoms with Gasteiger partial charge in [-0.3, -0.25) is 4.98 Å². The molecule has 0 aliphatic heterocycles. The molecule has 3 heterocycles. The molecule has 5 heteroatoms. The Morgan fingerprint density at radius 3 is 2.67 bits per heavy atom. The second-order valence-corrected chi connectivity index (χ2v) is 8.23. The number of nitrogens with zero attached hydrogens (tertiary/aromatic N) is 3. The molecule has 0 fully saturated rings. The molecule has 0 saturated heterocycles. The maximum absolute atomic E-state index is 4.87. The first kappa shape index (κ1) is 17.9. The summed E-state index contributed by atoms with van der Waals surface area (Å²) in [5, 5.41) is 4.35. The molecule has 0 aliphatic carbocycles. The summed E-state index contributed by atoms with van der Waals surface area (Å²) in [6.07, 6.45) is 5.71. The second-order valence-electron chi connectivity index (χ2n) is 6.45. The van der Waals surface area contributed by atoms with Crippen LogP contribution in [0.5, 0.6) is 0 Å². The molecule has 0 bridgehead atoms. The fourth-order valence-corrected chi connectivity index (χ4v) is 4.93. The van der Waals surface area contributed by atoms with Gasteiger partial charge in [0.2, 0.25) is 0 Å². The van der Waals surface area contributed by atoms with Gasteiger partial charge >= 0.3 is 0 Å². The van der Waals surface area contributed by atoms with Crippen molar-refractivity contribution in [2.45, 2.75) is 25.8 Å². The highest BCUT2D eigenvalue weighted by Crippen LogP contribution is 2.29. The third-order valence-corrected chi connectivity index (χ3v) is 6.25. The SMILES string of the molecule is CC(CCc1ccccc1)n1c(-c2cccs2)csc1=Nc1cccnc1. The van der Waals surface area contributed by atoms with Gasteiger partial charge < -0.3 is 4.57 Å². The smallest absolute Gasteiger partial charge is 0.190 e. The van der Waals surface area contributed by atoms with E-state index in [9.17, 15) is 0 Å². The van der Waals surface area contributed by atoms with Crippen molar-refractivity contribution in [2.75, 3.05) is 0 Å². The number of benzene rings is 1. The topological polar surface area (TPSA) is 30.2 Å². The van der Waals surface area contributed by atoms with Crippen LogP contribution in [0.2, 0.25) is 0 Å². The molecule has 0 saturated carbocycles. The van der Waals surface area contributed by atoms with Crippen LogP contribution in [-0.4, -0.2) is 9.55 Å². The van der Waals surface area contributed by atoms with E-state index in [0.29, 0.717) is 6.04 Å². The van der Waals surface area contributed by atoms with Crippen molar-refractivity contribution in [3.05, 3.63) is 88.1 Å². The Morgan fingerprint density at radius 1 is 1.04 bits per heavy atom. The Labute approximate surface area is 167 Å². The largest absolute Gasteiger partial charge is 0.313 e. The van der Waals surface area contributed by atoms with E-state index in [0.717, 1.165) is 23.3 Å². The second kappa shape index (κ2) is 8.46. The van der Waals surface area contributed by atoms with Crippen LogP contribution in [0.25, 0.3) is 10.6 Å². The van der Waals surface area contributed by atoms with Crippen molar-refractivity contribution in [1.29, 1.82) is 0 Å². The number of hydrogen-bond donors (Lipinski definition) is 0. The van der Waals surface area contributed by atoms with Gasteiger partial charge in [0, 0.05) is 17.6 Å². The first-order valence-corrected chi connectivity index (χ1v) is 10.8. The molecule has 0 aliphatic rings. The lowest BCUT2D eigenvalue weighted by molar-refractivity contribution is 0.501. The molecule has 136 valence electrons. The van der Waals surface area contributed by atoms with Crippen LogP contribution in [0.4, 0.5) is 5.69 Å². The minimum absolute atomic E-state index is 0.351. The molecule has 4 rings (SSSR count). The van der Waals surface area contributed by atoms with Gasteiger partial charge in [-0.1, -0.05) is 36.4 Å². The van der Waals surface area contributed by atoms with Crippen molar-refractivity contribution in [3.8, 4) is 10.6 Å². The van der Waals surface area contributed by atoms with E-state index in [2.05, 4.69) is 69.7 Å². The molecule has 1 aromatic carbocycles. The van der Waals surface area contributed by atoms with E-state index in [1.807, 2.05) is 18.3 Å². The van der Waals surface area contributed by atoms with Gasteiger partial charge in [0.05, 0.1) is 22.5 Å². The van der Waals surface area contributed by atoms with E-state index in [-0.39, 0.29) is 0 Å². The Hall–Kier alpha value is -2.50. The normalized spacial score (nSPS) is 13.0. The third-order valence-electron chi connectivity index (χ3n) is 4.52. The van der Waals surface area contributed by atoms with E-state index in [4.69, 9.17) is 4.99 Å². The van der Waals surface area contributed by atoms with Crippen LogP contribution in [-0.2, 0) is 6.42 Å². The van der Waals surface area contributed by atoms with Crippen LogP contribution >= 0.6 is 22.7 Å². The van der Waals surface area contributed by atoms with E-state index >= 15 is 0 Å². The quantitative estimate of drug-likeness (QED) is 0.390. The van der Waals surface area contributed by atoms with Gasteiger partial charge in [-0.2, -0.15) is 0 Å². The molecule has 3 aromatic heterocycles. The Kier molecular flexibility index (Phi) is 5.61. The number of aromatic nitrogens is 2. The van der Waals surface area contributed by atoms with Crippen LogP contribution < -0.4 is 4.80 Å². The van der Waals surface area contributed by atoms with Crippen LogP contribution in [0, 0.1) is 0 Å². The van der Waals surface area contributed by atoms with Gasteiger partial charge in [-0.15, -0.1) is 22.7 Å². The molecule has 0 radical (unpaired) electrons. The summed E-state index contributed by atoms with van der Waals surface area (Å²) in [7, 11) is 0. The molecular formula is C22H21N3S2. The van der Waals surface area contributed by atoms with Crippen molar-refractivity contribution in [2.24, 2.45) is 4.99 Å². The summed E-state index contributed by atoms with van der Waals surface area (Å²) in [6.45, 7) is 2.29. The maximum atomic E-state index is 4.87. The number of thiophene rings is 1. The molecule has 1 atom stereocenters. The summed E-state index contributed by atoms with van der Waals surface area (Å²) >= 11 is 3.47. The number of rotatable bonds is 6. The molecule has 1 unspecified atom stereocenters. The summed E-state index contributed by atoms with van der Waals surface area (Å²) < 4.78 is 2.38. The molecule has 0 N–H and O–H groups in total. The van der Waals surface area contributed by atoms with Crippen LogP contribution in [0.1, 0.15) is 24.9 Å². The van der Waals surface area contributed by atoms with Gasteiger partial charge in [0.25, 0.3) is 0 Å². The first-order valence-electron chi connectivity index (χ1n) is 9.04. The Balaban J connectivity index is 1.70. The standard InChI is InChI=1S/C22H21N3S2/c1-17(11-12-18-7-3-2-4-8-18)25-20(21-10-6-14-26-21)16-27-22(25)24-19-9-5-13-23-15-19/h2-10,13-17H,11-12H2,1H3. The fraction of sp³-hybridized carbons (Fsp3) is 0.182. The molecular weight excluding hydrogens is 370 g/mol. The zero-order valence-corrected chi connectivity index (χ0v) is 16.8. The van der Waals surface area contributed by atoms with Crippen LogP contribution in [0.3, 0.4) is 0 Å². The van der Waals surface area contributed by atoms with Crippen LogP contribution in [0.15, 0.2) is 82.7 Å². The molecule has 4 aromatic rings. The molecule has 3 nitrogen and oxygen atoms in total. The van der Waals surface area contributed by atoms with Crippen molar-refractivity contribution >= 4 is 28.4 Å². The van der Waals surface area contributed by atoms with E-state index in [1.54, 1.807) is 28.9 Å². The number of aryl methyl sites for hydroxylation is 1. The molecule has 0 spiro atoms. The predicted molar refractivity (Wildman–Crippen MR) is 115 cm³/mol. The molecule has 0 amide bonds. The monoisotopic (exact) mass is 391 g/mol. The number of pyridine rings is 1. The highest BCUT2D eigenvalue weighted by atomic mass is 32.1. The van der Waals surface area contributed by atoms with Crippen molar-refractivity contribution < 1.29 is 0 Å². The van der Waals surface area contributed by atoms with Crippen molar-refractivity contribution in [3.63, 3.8) is 0 Å². The summed E-state index contributed by atoms with van der Waals surface area (Å²) in [5.74, 6) is 0. The van der Waals surface area contributed by atoms with Gasteiger partial charge in [-0.05, 0) is 48.9 Å². The zero-order chi connectivity index (χ0) is 18.5. The van der Waals surface area contributed by atoms with E-state index < -0.39 is 0 Å². The summed E-state index contributed by atoms with van der Waals surface area (Å²) in [6, 6.07) is 19.3. The maximum Gasteiger partial charge on any atom is 0.190 e. The van der Waals surface area contributed by atoms with Gasteiger partial charge in [-0.25, -0.2) is 4.99 Å². The van der Waals surface area contributed by atoms with Gasteiger partial charge in [0.1, 0.15) is 0 Å². The first-order chi connectivity index (χ1) is 13.3. The fourth-order valence-electron chi connectivity index (χ4n) is 3.11. The van der Waals surface area contributed by atoms with E-state index in [1.165, 1.54) is 16.1 Å². The number of thiazole rings is 1. The average molecular weight is 392 g/mol. The highest BCUT2D eigenvalue weighted by Gasteiger charge is 2.15. The summed E-state index contributed by atoms with van der Waals surface area (Å²) in [4.78, 5) is 11.4. The molecule has 27 heavy (non-hydrogen) atoms. The minimum Gasteiger partial charge on any atom is -0.313 e. The number of hydrogen-bond acceptors (Lipinski definition) is 4. The van der Waals surface area contributed by atoms with Gasteiger partial charge in [0.15, 0.2) is 4.80 Å².